The van der Waals surface area contributed by atoms with Gasteiger partial charge >= 0.3 is 0 Å². The predicted octanol–water partition coefficient (Wildman–Crippen LogP) is 6.44. The van der Waals surface area contributed by atoms with Gasteiger partial charge in [0.05, 0.1) is 0 Å². The van der Waals surface area contributed by atoms with Crippen LogP contribution in [0, 0.1) is 5.82 Å². The first kappa shape index (κ1) is 19.7. The lowest BCUT2D eigenvalue weighted by Gasteiger charge is -2.10. The topological polar surface area (TPSA) is 46.5 Å². The highest BCUT2D eigenvalue weighted by atomic mass is 32.2. The number of aromatic nitrogens is 4. The fourth-order valence-corrected chi connectivity index (χ4v) is 4.43. The summed E-state index contributed by atoms with van der Waals surface area (Å²) in [5, 5.41) is 11.0. The zero-order chi connectivity index (χ0) is 20.1. The Labute approximate surface area is 174 Å². The number of nitrogens with zero attached hydrogens (tertiary/aromatic N) is 3. The molecule has 6 heteroatoms. The molecule has 0 amide bonds. The van der Waals surface area contributed by atoms with Crippen molar-refractivity contribution in [1.82, 2.24) is 19.7 Å². The van der Waals surface area contributed by atoms with Crippen molar-refractivity contribution in [3.8, 4) is 11.4 Å². The van der Waals surface area contributed by atoms with Crippen molar-refractivity contribution in [1.29, 1.82) is 0 Å². The van der Waals surface area contributed by atoms with E-state index in [2.05, 4.69) is 38.8 Å². The average Bonchev–Trinajstić information content (AvgIpc) is 3.33. The van der Waals surface area contributed by atoms with Crippen LogP contribution in [0.3, 0.4) is 0 Å². The highest BCUT2D eigenvalue weighted by molar-refractivity contribution is 7.98. The molecule has 29 heavy (non-hydrogen) atoms. The van der Waals surface area contributed by atoms with E-state index in [1.807, 2.05) is 24.4 Å². The third kappa shape index (κ3) is 4.53. The molecule has 2 aromatic heterocycles. The van der Waals surface area contributed by atoms with E-state index in [0.717, 1.165) is 46.0 Å². The number of rotatable bonds is 9. The maximum absolute atomic E-state index is 13.5. The van der Waals surface area contributed by atoms with Gasteiger partial charge in [0.15, 0.2) is 11.0 Å². The Balaban J connectivity index is 1.62. The van der Waals surface area contributed by atoms with Crippen LogP contribution < -0.4 is 0 Å². The summed E-state index contributed by atoms with van der Waals surface area (Å²) in [4.78, 5) is 3.33. The number of para-hydroxylation sites is 1. The summed E-state index contributed by atoms with van der Waals surface area (Å²) in [7, 11) is 0. The van der Waals surface area contributed by atoms with Gasteiger partial charge in [-0.05, 0) is 30.2 Å². The number of aromatic amines is 1. The molecule has 1 N–H and O–H groups in total. The van der Waals surface area contributed by atoms with E-state index in [1.54, 1.807) is 23.9 Å². The van der Waals surface area contributed by atoms with Gasteiger partial charge in [0, 0.05) is 35.0 Å². The van der Waals surface area contributed by atoms with E-state index in [9.17, 15) is 4.39 Å². The molecule has 0 spiro atoms. The van der Waals surface area contributed by atoms with Crippen LogP contribution in [0.25, 0.3) is 22.3 Å². The Morgan fingerprint density at radius 1 is 1.03 bits per heavy atom. The van der Waals surface area contributed by atoms with Crippen molar-refractivity contribution in [2.45, 2.75) is 50.1 Å². The van der Waals surface area contributed by atoms with Gasteiger partial charge in [-0.2, -0.15) is 0 Å². The average molecular weight is 409 g/mol. The zero-order valence-electron chi connectivity index (χ0n) is 16.6. The number of H-pyrrole nitrogens is 1. The predicted molar refractivity (Wildman–Crippen MR) is 117 cm³/mol. The second-order valence-electron chi connectivity index (χ2n) is 7.19. The second-order valence-corrected chi connectivity index (χ2v) is 8.13. The Hall–Kier alpha value is -2.60. The summed E-state index contributed by atoms with van der Waals surface area (Å²) >= 11 is 1.61. The van der Waals surface area contributed by atoms with E-state index in [1.165, 1.54) is 25.3 Å². The Morgan fingerprint density at radius 3 is 2.79 bits per heavy atom. The molecule has 0 saturated heterocycles. The lowest BCUT2D eigenvalue weighted by Crippen LogP contribution is -2.03. The van der Waals surface area contributed by atoms with Gasteiger partial charge in [-0.1, -0.05) is 68.3 Å². The fraction of sp³-hybridized carbons (Fsp3) is 0.304. The van der Waals surface area contributed by atoms with Gasteiger partial charge in [0.25, 0.3) is 0 Å². The number of unbranched alkanes of at least 4 members (excludes halogenated alkanes) is 3. The van der Waals surface area contributed by atoms with Crippen molar-refractivity contribution >= 4 is 22.7 Å². The van der Waals surface area contributed by atoms with Gasteiger partial charge in [0.1, 0.15) is 5.82 Å². The van der Waals surface area contributed by atoms with Gasteiger partial charge in [-0.3, -0.25) is 0 Å². The summed E-state index contributed by atoms with van der Waals surface area (Å²) in [6.07, 6.45) is 6.73. The summed E-state index contributed by atoms with van der Waals surface area (Å²) < 4.78 is 15.7. The van der Waals surface area contributed by atoms with Crippen molar-refractivity contribution in [2.75, 3.05) is 0 Å². The number of hydrogen-bond donors (Lipinski definition) is 1. The number of fused-ring (bicyclic) bond motifs is 1. The highest BCUT2D eigenvalue weighted by Gasteiger charge is 2.17. The van der Waals surface area contributed by atoms with Crippen LogP contribution in [0.2, 0.25) is 0 Å². The minimum Gasteiger partial charge on any atom is -0.360 e. The molecule has 0 aliphatic heterocycles. The van der Waals surface area contributed by atoms with Crippen LogP contribution in [0.15, 0.2) is 59.9 Å². The second kappa shape index (κ2) is 9.27. The third-order valence-electron chi connectivity index (χ3n) is 5.04. The molecule has 0 radical (unpaired) electrons. The maximum atomic E-state index is 13.5. The largest absolute Gasteiger partial charge is 0.360 e. The molecule has 0 aliphatic rings. The lowest BCUT2D eigenvalue weighted by atomic mass is 10.1. The van der Waals surface area contributed by atoms with E-state index in [-0.39, 0.29) is 5.82 Å². The first-order chi connectivity index (χ1) is 14.3. The molecule has 0 unspecified atom stereocenters. The fourth-order valence-electron chi connectivity index (χ4n) is 3.52. The number of halogens is 1. The number of benzene rings is 2. The molecule has 2 aromatic carbocycles. The number of thioether (sulfide) groups is 1. The lowest BCUT2D eigenvalue weighted by molar-refractivity contribution is 0.556. The van der Waals surface area contributed by atoms with Gasteiger partial charge in [-0.15, -0.1) is 10.2 Å². The van der Waals surface area contributed by atoms with Crippen LogP contribution in [0.1, 0.15) is 38.2 Å². The summed E-state index contributed by atoms with van der Waals surface area (Å²) in [5.41, 5.74) is 3.11. The quantitative estimate of drug-likeness (QED) is 0.256. The van der Waals surface area contributed by atoms with E-state index < -0.39 is 0 Å². The van der Waals surface area contributed by atoms with Crippen molar-refractivity contribution in [3.05, 3.63) is 66.1 Å². The van der Waals surface area contributed by atoms with Gasteiger partial charge in [-0.25, -0.2) is 4.39 Å². The maximum Gasteiger partial charge on any atom is 0.191 e. The van der Waals surface area contributed by atoms with Crippen molar-refractivity contribution in [3.63, 3.8) is 0 Å². The molecular weight excluding hydrogens is 383 g/mol. The summed E-state index contributed by atoms with van der Waals surface area (Å²) in [6.45, 7) is 3.10. The molecule has 0 aliphatic carbocycles. The standard InChI is InChI=1S/C23H25FN4S/c1-2-3-4-7-13-28-22(20-15-25-21-12-6-5-11-19(20)21)26-27-23(28)29-16-17-9-8-10-18(24)14-17/h5-6,8-12,14-15,25H,2-4,7,13,16H2,1H3. The zero-order valence-corrected chi connectivity index (χ0v) is 17.4. The third-order valence-corrected chi connectivity index (χ3v) is 6.08. The van der Waals surface area contributed by atoms with Crippen LogP contribution in [-0.2, 0) is 12.3 Å². The molecule has 4 rings (SSSR count). The first-order valence-corrected chi connectivity index (χ1v) is 11.1. The minimum absolute atomic E-state index is 0.205. The molecule has 0 fully saturated rings. The van der Waals surface area contributed by atoms with Crippen LogP contribution in [-0.4, -0.2) is 19.7 Å². The van der Waals surface area contributed by atoms with E-state index in [0.29, 0.717) is 5.75 Å². The molecular formula is C23H25FN4S. The van der Waals surface area contributed by atoms with Gasteiger partial charge < -0.3 is 9.55 Å². The van der Waals surface area contributed by atoms with Crippen molar-refractivity contribution in [2.24, 2.45) is 0 Å². The first-order valence-electron chi connectivity index (χ1n) is 10.1. The van der Waals surface area contributed by atoms with Crippen LogP contribution >= 0.6 is 11.8 Å². The van der Waals surface area contributed by atoms with E-state index >= 15 is 0 Å². The molecule has 0 atom stereocenters. The van der Waals surface area contributed by atoms with E-state index in [4.69, 9.17) is 0 Å². The molecule has 4 aromatic rings. The Kier molecular flexibility index (Phi) is 6.30. The smallest absolute Gasteiger partial charge is 0.191 e. The monoisotopic (exact) mass is 408 g/mol. The normalized spacial score (nSPS) is 11.4. The minimum atomic E-state index is -0.205. The molecule has 2 heterocycles. The van der Waals surface area contributed by atoms with Crippen molar-refractivity contribution < 1.29 is 4.39 Å². The SMILES string of the molecule is CCCCCCn1c(SCc2cccc(F)c2)nnc1-c1c[nH]c2ccccc12. The Morgan fingerprint density at radius 2 is 1.93 bits per heavy atom. The van der Waals surface area contributed by atoms with Gasteiger partial charge in [0.2, 0.25) is 0 Å². The summed E-state index contributed by atoms with van der Waals surface area (Å²) in [6, 6.07) is 15.0. The van der Waals surface area contributed by atoms with Crippen LogP contribution in [0.5, 0.6) is 0 Å². The molecule has 4 nitrogen and oxygen atoms in total. The Bertz CT molecular complexity index is 1090. The molecule has 0 bridgehead atoms. The highest BCUT2D eigenvalue weighted by Crippen LogP contribution is 2.31. The van der Waals surface area contributed by atoms with Crippen LogP contribution in [0.4, 0.5) is 4.39 Å². The number of hydrogen-bond acceptors (Lipinski definition) is 3. The summed E-state index contributed by atoms with van der Waals surface area (Å²) in [5.74, 6) is 1.35. The molecule has 150 valence electrons. The number of nitrogens with one attached hydrogen (secondary N) is 1. The molecule has 0 saturated carbocycles.